The molecule has 0 radical (unpaired) electrons. The number of ether oxygens (including phenoxy) is 5. The van der Waals surface area contributed by atoms with E-state index in [9.17, 15) is 68.7 Å². The number of hydrogen-bond acceptors (Lipinski definition) is 18. The number of fused-ring (bicyclic) bond motifs is 2. The summed E-state index contributed by atoms with van der Waals surface area (Å²) < 4.78 is 29.8. The van der Waals surface area contributed by atoms with E-state index in [4.69, 9.17) is 34.5 Å². The summed E-state index contributed by atoms with van der Waals surface area (Å²) in [6.45, 7) is 7.03. The number of nitrogens with one attached hydrogen (secondary N) is 6. The van der Waals surface area contributed by atoms with Crippen molar-refractivity contribution in [3.05, 3.63) is 0 Å². The molecule has 3 rings (SSSR count). The predicted octanol–water partition coefficient (Wildman–Crippen LogP) is -5.50. The molecule has 3 aliphatic rings. The fourth-order valence-corrected chi connectivity index (χ4v) is 7.30. The molecule has 3 heterocycles. The summed E-state index contributed by atoms with van der Waals surface area (Å²) in [6, 6.07) is -9.63. The second kappa shape index (κ2) is 25.1. The topological polar surface area (TPSA) is 419 Å². The molecule has 2 bridgehead atoms. The van der Waals surface area contributed by atoms with Crippen LogP contribution >= 0.6 is 0 Å². The van der Waals surface area contributed by atoms with Gasteiger partial charge in [0.1, 0.15) is 85.0 Å². The number of carboxylic acids is 3. The molecule has 0 aromatic rings. The molecule has 0 spiro atoms. The van der Waals surface area contributed by atoms with Crippen molar-refractivity contribution in [2.75, 3.05) is 13.2 Å². The lowest BCUT2D eigenvalue weighted by atomic mass is 9.95. The lowest BCUT2D eigenvalue weighted by Gasteiger charge is -2.47. The van der Waals surface area contributed by atoms with Crippen LogP contribution in [0.1, 0.15) is 73.6 Å². The van der Waals surface area contributed by atoms with Crippen molar-refractivity contribution in [1.82, 2.24) is 31.9 Å². The Morgan fingerprint density at radius 1 is 0.712 bits per heavy atom. The molecule has 0 aromatic heterocycles. The lowest BCUT2D eigenvalue weighted by Crippen LogP contribution is -2.68. The van der Waals surface area contributed by atoms with Crippen LogP contribution in [0.2, 0.25) is 0 Å². The molecule has 0 saturated carbocycles. The Labute approximate surface area is 378 Å². The first-order valence-electron chi connectivity index (χ1n) is 21.3. The summed E-state index contributed by atoms with van der Waals surface area (Å²) in [7, 11) is 0. The Bertz CT molecular complexity index is 1760. The summed E-state index contributed by atoms with van der Waals surface area (Å²) in [6.07, 6.45) is -13.7. The van der Waals surface area contributed by atoms with Crippen LogP contribution in [0.25, 0.3) is 0 Å². The maximum atomic E-state index is 13.8. The molecule has 14 N–H and O–H groups in total. The fourth-order valence-electron chi connectivity index (χ4n) is 7.30. The molecule has 1 unspecified atom stereocenters. The van der Waals surface area contributed by atoms with Gasteiger partial charge in [0.15, 0.2) is 12.6 Å². The maximum Gasteiger partial charge on any atom is 0.326 e. The van der Waals surface area contributed by atoms with Crippen molar-refractivity contribution in [1.29, 1.82) is 0 Å². The van der Waals surface area contributed by atoms with Crippen LogP contribution in [0.5, 0.6) is 0 Å². The minimum absolute atomic E-state index is 0.0280. The van der Waals surface area contributed by atoms with E-state index in [0.717, 1.165) is 6.92 Å². The van der Waals surface area contributed by atoms with Crippen LogP contribution in [-0.4, -0.2) is 195 Å². The number of aliphatic hydroxyl groups is 3. The van der Waals surface area contributed by atoms with E-state index in [1.807, 2.05) is 0 Å². The van der Waals surface area contributed by atoms with Crippen molar-refractivity contribution >= 4 is 53.4 Å². The summed E-state index contributed by atoms with van der Waals surface area (Å²) in [5, 5.41) is 73.9. The van der Waals surface area contributed by atoms with Crippen LogP contribution < -0.4 is 37.6 Å². The van der Waals surface area contributed by atoms with Gasteiger partial charge in [0.05, 0.1) is 13.2 Å². The summed E-state index contributed by atoms with van der Waals surface area (Å²) in [5.41, 5.74) is 5.52. The van der Waals surface area contributed by atoms with Gasteiger partial charge in [-0.2, -0.15) is 0 Å². The van der Waals surface area contributed by atoms with E-state index in [1.54, 1.807) is 13.8 Å². The van der Waals surface area contributed by atoms with Crippen molar-refractivity contribution in [3.8, 4) is 0 Å². The molecular weight excluding hydrogens is 886 g/mol. The first-order valence-corrected chi connectivity index (χ1v) is 21.3. The van der Waals surface area contributed by atoms with Gasteiger partial charge in [-0.1, -0.05) is 13.8 Å². The van der Waals surface area contributed by atoms with Crippen molar-refractivity contribution in [2.24, 2.45) is 11.7 Å². The third kappa shape index (κ3) is 15.5. The summed E-state index contributed by atoms with van der Waals surface area (Å²) in [5.74, 6) is -9.75. The van der Waals surface area contributed by atoms with Crippen molar-refractivity contribution < 1.29 is 97.5 Å². The molecule has 27 nitrogen and oxygen atoms in total. The Morgan fingerprint density at radius 2 is 1.35 bits per heavy atom. The quantitative estimate of drug-likeness (QED) is 0.0406. The smallest absolute Gasteiger partial charge is 0.326 e. The van der Waals surface area contributed by atoms with Gasteiger partial charge in [-0.05, 0) is 45.4 Å². The second-order valence-corrected chi connectivity index (χ2v) is 16.6. The monoisotopic (exact) mass is 949 g/mol. The minimum atomic E-state index is -1.70. The number of carboxylic acid groups (broad SMARTS) is 3. The number of carbonyl (C=O) groups is 9. The van der Waals surface area contributed by atoms with E-state index >= 15 is 0 Å². The second-order valence-electron chi connectivity index (χ2n) is 16.6. The molecule has 0 aliphatic carbocycles. The fraction of sp³-hybridized carbons (Fsp3) is 0.769. The van der Waals surface area contributed by atoms with Gasteiger partial charge in [0.2, 0.25) is 35.4 Å². The van der Waals surface area contributed by atoms with Gasteiger partial charge in [-0.15, -0.1) is 0 Å². The zero-order valence-corrected chi connectivity index (χ0v) is 37.2. The molecule has 66 heavy (non-hydrogen) atoms. The Morgan fingerprint density at radius 3 is 1.91 bits per heavy atom. The van der Waals surface area contributed by atoms with Gasteiger partial charge < -0.3 is 92.0 Å². The Hall–Kier alpha value is -5.13. The Balaban J connectivity index is 1.75. The number of aliphatic hydroxyl groups excluding tert-OH is 3. The molecular formula is C39H63N7O20. The van der Waals surface area contributed by atoms with Gasteiger partial charge in [-0.25, -0.2) is 4.79 Å². The number of rotatable bonds is 25. The van der Waals surface area contributed by atoms with Gasteiger partial charge >= 0.3 is 17.9 Å². The average molecular weight is 950 g/mol. The van der Waals surface area contributed by atoms with E-state index in [2.05, 4.69) is 31.9 Å². The highest BCUT2D eigenvalue weighted by Crippen LogP contribution is 2.35. The molecule has 6 amide bonds. The van der Waals surface area contributed by atoms with Gasteiger partial charge in [-0.3, -0.25) is 38.4 Å². The van der Waals surface area contributed by atoms with E-state index < -0.39 is 176 Å². The normalized spacial score (nSPS) is 28.6. The van der Waals surface area contributed by atoms with Crippen molar-refractivity contribution in [3.63, 3.8) is 0 Å². The Kier molecular flexibility index (Phi) is 21.0. The van der Waals surface area contributed by atoms with Gasteiger partial charge in [0.25, 0.3) is 0 Å². The molecule has 3 saturated heterocycles. The molecule has 16 atom stereocenters. The number of nitrogens with two attached hydrogens (primary N) is 1. The van der Waals surface area contributed by atoms with Gasteiger partial charge in [0, 0.05) is 20.3 Å². The van der Waals surface area contributed by atoms with Crippen molar-refractivity contribution in [2.45, 2.75) is 171 Å². The van der Waals surface area contributed by atoms with E-state index in [0.29, 0.717) is 0 Å². The van der Waals surface area contributed by atoms with Crippen LogP contribution in [0.3, 0.4) is 0 Å². The zero-order valence-electron chi connectivity index (χ0n) is 37.2. The number of carbonyl (C=O) groups excluding carboxylic acids is 6. The standard InChI is InChI=1S/C39H63N7O20/c1-14(2)25(34(55)45-21(37(60)61)10-11-24(50)44-20(9-7-8-19(40)36(58)59)33(54)41-15(3)35(56)57)46-32(53)16(4)63-31-27(43-18(6)49)38-62-13-23(65-38)30(31)66-39-26(42-17(5)48)29(52)28(51)22(12-47)64-39/h14-16,19-23,25-31,38-39,47,51-52H,7-13,40H2,1-6H3,(H,41,54)(H,42,48)(H,43,49)(H,44,50)(H,45,55)(H,46,53)(H,56,57)(H,58,59)(H,60,61)/t15-,16-,19-,20+,21-,22-,23-,25+,26-,27-,28-,29-,30-,31?,38-,39+/m1/s1. The van der Waals surface area contributed by atoms with Crippen LogP contribution in [0, 0.1) is 5.92 Å². The predicted molar refractivity (Wildman–Crippen MR) is 219 cm³/mol. The molecule has 3 fully saturated rings. The number of hydrogen-bond donors (Lipinski definition) is 13. The highest BCUT2D eigenvalue weighted by Gasteiger charge is 2.56. The summed E-state index contributed by atoms with van der Waals surface area (Å²) >= 11 is 0. The zero-order chi connectivity index (χ0) is 49.7. The first-order chi connectivity index (χ1) is 30.9. The number of amides is 6. The average Bonchev–Trinajstić information content (AvgIpc) is 3.68. The van der Waals surface area contributed by atoms with E-state index in [1.165, 1.54) is 20.8 Å². The largest absolute Gasteiger partial charge is 0.480 e. The molecule has 27 heteroatoms. The van der Waals surface area contributed by atoms with Crippen LogP contribution in [0.15, 0.2) is 0 Å². The van der Waals surface area contributed by atoms with E-state index in [-0.39, 0.29) is 25.9 Å². The minimum Gasteiger partial charge on any atom is -0.480 e. The molecule has 3 aliphatic heterocycles. The summed E-state index contributed by atoms with van der Waals surface area (Å²) in [4.78, 5) is 112. The molecule has 374 valence electrons. The highest BCUT2D eigenvalue weighted by atomic mass is 16.8. The van der Waals surface area contributed by atoms with Crippen LogP contribution in [0.4, 0.5) is 0 Å². The van der Waals surface area contributed by atoms with Crippen LogP contribution in [-0.2, 0) is 66.8 Å². The maximum absolute atomic E-state index is 13.8. The highest BCUT2D eigenvalue weighted by molar-refractivity contribution is 5.92. The molecule has 0 aromatic carbocycles. The SMILES string of the molecule is CC(=O)N[C@H]1[C@H](O[C@H]2C(O[C@H](C)C(=O)N[C@H](C(=O)N[C@H](CCC(=O)N[C@@H](CCC[C@@H](N)C(=O)O)C(=O)N[C@H](C)C(=O)O)C(=O)O)C(C)C)[C@@H](NC(C)=O)[C@@H]3OC[C@H]2O3)O[C@H](CO)[C@@H](O)[C@@H]1O. The third-order valence-corrected chi connectivity index (χ3v) is 10.9. The first kappa shape index (κ1) is 55.2. The number of aliphatic carboxylic acids is 3. The third-order valence-electron chi connectivity index (χ3n) is 10.9. The lowest BCUT2D eigenvalue weighted by molar-refractivity contribution is -0.313.